The Morgan fingerprint density at radius 3 is 2.83 bits per heavy atom. The molecule has 0 aliphatic carbocycles. The molecule has 0 radical (unpaired) electrons. The molecular weight excluding hydrogens is 185 g/mol. The summed E-state index contributed by atoms with van der Waals surface area (Å²) in [7, 11) is 0. The lowest BCUT2D eigenvalue weighted by Crippen LogP contribution is -2.23. The zero-order valence-electron chi connectivity index (χ0n) is 5.77. The number of rotatable bonds is 3. The first-order valence-electron chi connectivity index (χ1n) is 2.98. The fourth-order valence-electron chi connectivity index (χ4n) is 0.632. The number of Topliss-reactive ketones (excluding diaryl/α,β-unsaturated/α-hetero) is 1. The molecule has 0 saturated heterocycles. The van der Waals surface area contributed by atoms with Gasteiger partial charge in [-0.05, 0) is 11.4 Å². The van der Waals surface area contributed by atoms with Crippen LogP contribution in [0.25, 0.3) is 0 Å². The van der Waals surface area contributed by atoms with Crippen LogP contribution in [0.5, 0.6) is 0 Å². The summed E-state index contributed by atoms with van der Waals surface area (Å²) in [4.78, 5) is 19.5. The third-order valence-corrected chi connectivity index (χ3v) is 2.05. The lowest BCUT2D eigenvalue weighted by atomic mass is 10.3. The molecule has 0 saturated carbocycles. The predicted molar refractivity (Wildman–Crippen MR) is 40.5 cm³/mol. The highest BCUT2D eigenvalue weighted by molar-refractivity contribution is 7.12. The molecule has 0 aliphatic rings. The average Bonchev–Trinajstić information content (AvgIpc) is 2.53. The highest BCUT2D eigenvalue weighted by Gasteiger charge is 2.30. The first kappa shape index (κ1) is 8.79. The van der Waals surface area contributed by atoms with Crippen LogP contribution in [0.3, 0.4) is 0 Å². The number of hydrogen-bond acceptors (Lipinski definition) is 4. The Labute approximate surface area is 70.8 Å². The molecule has 1 aromatic rings. The number of ketones is 1. The van der Waals surface area contributed by atoms with Gasteiger partial charge in [-0.2, -0.15) is 4.39 Å². The zero-order chi connectivity index (χ0) is 9.14. The van der Waals surface area contributed by atoms with Gasteiger partial charge >= 0.3 is 6.30 Å². The van der Waals surface area contributed by atoms with Crippen LogP contribution in [0.1, 0.15) is 9.67 Å². The molecule has 1 atom stereocenters. The largest absolute Gasteiger partial charge is 0.413 e. The maximum atomic E-state index is 12.4. The zero-order valence-corrected chi connectivity index (χ0v) is 6.58. The van der Waals surface area contributed by atoms with Gasteiger partial charge in [-0.15, -0.1) is 11.3 Å². The number of nitro groups is 1. The topological polar surface area (TPSA) is 60.2 Å². The summed E-state index contributed by atoms with van der Waals surface area (Å²) in [5, 5.41) is 11.4. The molecule has 1 aromatic heterocycles. The van der Waals surface area contributed by atoms with E-state index in [1.807, 2.05) is 0 Å². The van der Waals surface area contributed by atoms with Gasteiger partial charge < -0.3 is 0 Å². The second kappa shape index (κ2) is 3.40. The molecule has 64 valence electrons. The Bertz CT molecular complexity index is 298. The van der Waals surface area contributed by atoms with E-state index in [1.165, 1.54) is 12.1 Å². The number of nitrogens with zero attached hydrogens (tertiary/aromatic N) is 1. The molecule has 0 amide bonds. The number of carbonyl (C=O) groups is 1. The van der Waals surface area contributed by atoms with Crippen LogP contribution in [0.4, 0.5) is 4.39 Å². The van der Waals surface area contributed by atoms with Crippen molar-refractivity contribution >= 4 is 17.1 Å². The van der Waals surface area contributed by atoms with Gasteiger partial charge in [0.05, 0.1) is 9.80 Å². The first-order chi connectivity index (χ1) is 5.63. The van der Waals surface area contributed by atoms with Crippen molar-refractivity contribution in [2.24, 2.45) is 0 Å². The summed E-state index contributed by atoms with van der Waals surface area (Å²) in [6.07, 6.45) is -2.64. The van der Waals surface area contributed by atoms with E-state index >= 15 is 0 Å². The summed E-state index contributed by atoms with van der Waals surface area (Å²) >= 11 is 0.983. The molecule has 0 aromatic carbocycles. The molecule has 1 rings (SSSR count). The Morgan fingerprint density at radius 1 is 1.75 bits per heavy atom. The normalized spacial score (nSPS) is 12.4. The van der Waals surface area contributed by atoms with E-state index < -0.39 is 17.0 Å². The lowest BCUT2D eigenvalue weighted by molar-refractivity contribution is -0.533. The third-order valence-electron chi connectivity index (χ3n) is 1.17. The summed E-state index contributed by atoms with van der Waals surface area (Å²) in [6, 6.07) is 2.88. The van der Waals surface area contributed by atoms with Crippen LogP contribution in [0.15, 0.2) is 17.5 Å². The number of alkyl halides is 1. The van der Waals surface area contributed by atoms with Crippen LogP contribution >= 0.6 is 11.3 Å². The monoisotopic (exact) mass is 189 g/mol. The van der Waals surface area contributed by atoms with Gasteiger partial charge in [-0.3, -0.25) is 14.9 Å². The van der Waals surface area contributed by atoms with Gasteiger partial charge in [0.25, 0.3) is 5.78 Å². The van der Waals surface area contributed by atoms with Gasteiger partial charge in [-0.1, -0.05) is 6.07 Å². The van der Waals surface area contributed by atoms with E-state index in [9.17, 15) is 19.3 Å². The summed E-state index contributed by atoms with van der Waals surface area (Å²) in [5.41, 5.74) is 0. The van der Waals surface area contributed by atoms with Gasteiger partial charge in [0, 0.05) is 0 Å². The Morgan fingerprint density at radius 2 is 2.42 bits per heavy atom. The van der Waals surface area contributed by atoms with Crippen LogP contribution in [0, 0.1) is 10.1 Å². The minimum Gasteiger partial charge on any atom is -0.282 e. The molecule has 1 unspecified atom stereocenters. The Hall–Kier alpha value is -1.30. The predicted octanol–water partition coefficient (Wildman–Crippen LogP) is 1.50. The molecule has 0 aliphatic heterocycles. The number of halogens is 1. The SMILES string of the molecule is O=C(c1cccs1)C(F)[N+](=O)[O-]. The second-order valence-electron chi connectivity index (χ2n) is 1.96. The van der Waals surface area contributed by atoms with Crippen molar-refractivity contribution < 1.29 is 14.1 Å². The lowest BCUT2D eigenvalue weighted by Gasteiger charge is -1.95. The highest BCUT2D eigenvalue weighted by Crippen LogP contribution is 2.12. The van der Waals surface area contributed by atoms with Crippen molar-refractivity contribution in [3.8, 4) is 0 Å². The van der Waals surface area contributed by atoms with Crippen molar-refractivity contribution in [1.82, 2.24) is 0 Å². The van der Waals surface area contributed by atoms with Crippen molar-refractivity contribution in [1.29, 1.82) is 0 Å². The molecule has 0 fully saturated rings. The van der Waals surface area contributed by atoms with Gasteiger partial charge in [0.2, 0.25) is 0 Å². The molecule has 0 spiro atoms. The van der Waals surface area contributed by atoms with E-state index in [-0.39, 0.29) is 4.88 Å². The molecule has 0 N–H and O–H groups in total. The van der Waals surface area contributed by atoms with Gasteiger partial charge in [-0.25, -0.2) is 0 Å². The van der Waals surface area contributed by atoms with Crippen molar-refractivity contribution in [2.75, 3.05) is 0 Å². The van der Waals surface area contributed by atoms with E-state index in [1.54, 1.807) is 5.38 Å². The smallest absolute Gasteiger partial charge is 0.282 e. The van der Waals surface area contributed by atoms with E-state index in [0.29, 0.717) is 0 Å². The molecule has 12 heavy (non-hydrogen) atoms. The van der Waals surface area contributed by atoms with E-state index in [0.717, 1.165) is 11.3 Å². The first-order valence-corrected chi connectivity index (χ1v) is 3.86. The molecule has 1 heterocycles. The Kier molecular flexibility index (Phi) is 2.49. The fraction of sp³-hybridized carbons (Fsp3) is 0.167. The summed E-state index contributed by atoms with van der Waals surface area (Å²) < 4.78 is 12.4. The number of carbonyl (C=O) groups excluding carboxylic acids is 1. The molecule has 6 heteroatoms. The van der Waals surface area contributed by atoms with Crippen LogP contribution in [-0.4, -0.2) is 17.0 Å². The van der Waals surface area contributed by atoms with Gasteiger partial charge in [0.15, 0.2) is 0 Å². The van der Waals surface area contributed by atoms with Crippen molar-refractivity contribution in [3.63, 3.8) is 0 Å². The van der Waals surface area contributed by atoms with Crippen LogP contribution < -0.4 is 0 Å². The molecule has 4 nitrogen and oxygen atoms in total. The maximum Gasteiger partial charge on any atom is 0.413 e. The van der Waals surface area contributed by atoms with Gasteiger partial charge in [0.1, 0.15) is 0 Å². The second-order valence-corrected chi connectivity index (χ2v) is 2.91. The Balaban J connectivity index is 2.79. The fourth-order valence-corrected chi connectivity index (χ4v) is 1.31. The van der Waals surface area contributed by atoms with Crippen LogP contribution in [-0.2, 0) is 0 Å². The summed E-state index contributed by atoms with van der Waals surface area (Å²) in [5.74, 6) is -1.09. The third kappa shape index (κ3) is 1.65. The van der Waals surface area contributed by atoms with Crippen molar-refractivity contribution in [3.05, 3.63) is 32.5 Å². The maximum absolute atomic E-state index is 12.4. The van der Waals surface area contributed by atoms with E-state index in [4.69, 9.17) is 0 Å². The number of thiophene rings is 1. The van der Waals surface area contributed by atoms with Crippen molar-refractivity contribution in [2.45, 2.75) is 6.30 Å². The minimum atomic E-state index is -2.64. The quantitative estimate of drug-likeness (QED) is 0.313. The number of hydrogen-bond donors (Lipinski definition) is 0. The minimum absolute atomic E-state index is 0.0687. The standard InChI is InChI=1S/C6H4FNO3S/c7-6(8(10)11)5(9)4-2-1-3-12-4/h1-3,6H. The highest BCUT2D eigenvalue weighted by atomic mass is 32.1. The van der Waals surface area contributed by atoms with E-state index in [2.05, 4.69) is 0 Å². The van der Waals surface area contributed by atoms with Crippen LogP contribution in [0.2, 0.25) is 0 Å². The summed E-state index contributed by atoms with van der Waals surface area (Å²) in [6.45, 7) is 0. The molecular formula is C6H4FNO3S. The molecule has 0 bridgehead atoms. The average molecular weight is 189 g/mol.